The maximum Gasteiger partial charge on any atom is 0.238 e. The van der Waals surface area contributed by atoms with Gasteiger partial charge in [-0.1, -0.05) is 236 Å². The predicted molar refractivity (Wildman–Crippen MR) is 427 cm³/mol. The molecule has 22 aromatic rings. The number of rotatable bonds is 8. The molecule has 8 heterocycles. The van der Waals surface area contributed by atoms with Crippen LogP contribution in [0, 0.1) is 0 Å². The smallest absolute Gasteiger partial charge is 0.238 e. The van der Waals surface area contributed by atoms with Crippen LogP contribution in [0.1, 0.15) is 35.6 Å². The van der Waals surface area contributed by atoms with E-state index in [9.17, 15) is 4.11 Å². The standard InChI is InChI=1S/C45H26N4OS.C45H26N4S2/c1-3-12-27(13-4-1)30-18-11-20-36-40(30)32-23-22-29(26-37(32)50-36)44-46-43(28-14-5-2-6-15-28)47-45(48-44)49-34-19-9-7-16-31(34)41-35(49)24-25-39-42(41)33-17-8-10-21-38(33)51-39;1-3-12-27(13-4-1)30-18-11-21-37-40(30)33-23-22-29(26-39(33)51-37)44-46-43(28-14-5-2-6-15-28)47-45(48-44)49-34-19-9-7-16-31(34)41-35(49)24-25-38-42(41)32-17-8-10-20-36(32)50-38/h2*1-26H/i1D,2D,3D,4D,5D,6D,11D,12D,13D,14D,15D,18D,20D,22D,23D,26D;1D,2D,3D,4D,5D,6D,12D,13D,14D,15D. The Balaban J connectivity index is 0.000000156. The van der Waals surface area contributed by atoms with Crippen molar-refractivity contribution in [1.82, 2.24) is 39.0 Å². The number of hydrogen-bond donors (Lipinski definition) is 0. The Morgan fingerprint density at radius 2 is 0.725 bits per heavy atom. The minimum absolute atomic E-state index is 0.0927. The molecule has 22 rings (SSSR count). The summed E-state index contributed by atoms with van der Waals surface area (Å²) < 4.78 is 241. The molecule has 0 unspecified atom stereocenters. The third kappa shape index (κ3) is 9.34. The molecule has 0 fully saturated rings. The van der Waals surface area contributed by atoms with Gasteiger partial charge in [-0.25, -0.2) is 9.97 Å². The Hall–Kier alpha value is -12.8. The number of furan rings is 1. The third-order valence-electron chi connectivity index (χ3n) is 18.0. The summed E-state index contributed by atoms with van der Waals surface area (Å²) in [4.78, 5) is 29.0. The van der Waals surface area contributed by atoms with Gasteiger partial charge in [0.25, 0.3) is 0 Å². The van der Waals surface area contributed by atoms with Crippen LogP contribution in [-0.2, 0) is 0 Å². The molecular weight excluding hydrogens is 1310 g/mol. The molecule has 8 aromatic heterocycles. The molecule has 102 heavy (non-hydrogen) atoms. The number of fused-ring (bicyclic) bond motifs is 20. The zero-order chi connectivity index (χ0) is 89.6. The van der Waals surface area contributed by atoms with E-state index in [0.29, 0.717) is 22.2 Å². The molecule has 0 amide bonds. The Kier molecular flexibility index (Phi) is 8.70. The quantitative estimate of drug-likeness (QED) is 0.149. The van der Waals surface area contributed by atoms with Gasteiger partial charge in [0, 0.05) is 115 Å². The topological polar surface area (TPSA) is 100 Å². The summed E-state index contributed by atoms with van der Waals surface area (Å²) in [5, 5.41) is 8.74. The molecule has 0 aliphatic heterocycles. The summed E-state index contributed by atoms with van der Waals surface area (Å²) in [6.07, 6.45) is 0. The number of nitrogens with zero attached hydrogens (tertiary/aromatic N) is 8. The average Bonchev–Trinajstić information content (AvgIpc) is 1.54. The Labute approximate surface area is 631 Å². The monoisotopic (exact) mass is 1380 g/mol. The summed E-state index contributed by atoms with van der Waals surface area (Å²) >= 11 is 4.80. The van der Waals surface area contributed by atoms with E-state index >= 15 is 0 Å². The highest BCUT2D eigenvalue weighted by Gasteiger charge is 2.25. The van der Waals surface area contributed by atoms with Crippen molar-refractivity contribution in [2.24, 2.45) is 0 Å². The molecule has 14 aromatic carbocycles. The molecule has 0 saturated carbocycles. The molecular formula is C90H52N8OS3. The summed E-state index contributed by atoms with van der Waals surface area (Å²) in [6.45, 7) is 0. The summed E-state index contributed by atoms with van der Waals surface area (Å²) in [5.41, 5.74) is 1.19. The molecule has 0 spiro atoms. The van der Waals surface area contributed by atoms with Gasteiger partial charge in [-0.3, -0.25) is 9.13 Å². The van der Waals surface area contributed by atoms with E-state index < -0.39 is 190 Å². The van der Waals surface area contributed by atoms with Gasteiger partial charge in [0.1, 0.15) is 11.2 Å². The SMILES string of the molecule is [2H]c1c([2H])c([2H])c(-c2nc(-c3c([2H])c([2H])c4c(oc5c([2H])c([2H])c([2H])c(-c6c([2H])c([2H])c([2H])c([2H])c6[2H])c54)c3[2H])nc(-n3c4ccccc4c4c5c(ccc43)sc3ccccc35)n2)c([2H])c1[2H].[2H]c1c([2H])c([2H])c(-c2nc(-c3ccc4c(c3)sc3cccc(-c5c([2H])c([2H])c([2H])c([2H])c5[2H])c34)nc(-n3c4ccccc4c4c5c(ccc43)sc3ccccc35)n2)c([2H])c1[2H]. The molecule has 0 radical (unpaired) electrons. The molecule has 12 heteroatoms. The summed E-state index contributed by atoms with van der Waals surface area (Å²) in [6, 6.07) is 35.4. The van der Waals surface area contributed by atoms with Gasteiger partial charge in [-0.2, -0.15) is 19.9 Å². The highest BCUT2D eigenvalue weighted by Crippen LogP contribution is 2.47. The van der Waals surface area contributed by atoms with E-state index in [4.69, 9.17) is 60.9 Å². The Morgan fingerprint density at radius 3 is 1.29 bits per heavy atom. The van der Waals surface area contributed by atoms with Gasteiger partial charge >= 0.3 is 0 Å². The van der Waals surface area contributed by atoms with Crippen LogP contribution in [0.5, 0.6) is 0 Å². The van der Waals surface area contributed by atoms with Crippen LogP contribution in [0.25, 0.3) is 206 Å². The Bertz CT molecular complexity index is 8730. The van der Waals surface area contributed by atoms with Gasteiger partial charge in [0.2, 0.25) is 11.9 Å². The normalized spacial score (nSPS) is 15.5. The molecule has 476 valence electrons. The summed E-state index contributed by atoms with van der Waals surface area (Å²) in [7, 11) is 0. The van der Waals surface area contributed by atoms with Crippen molar-refractivity contribution in [1.29, 1.82) is 0 Å². The molecule has 0 atom stereocenters. The van der Waals surface area contributed by atoms with Crippen molar-refractivity contribution in [3.63, 3.8) is 0 Å². The van der Waals surface area contributed by atoms with Crippen LogP contribution in [0.3, 0.4) is 0 Å². The van der Waals surface area contributed by atoms with Crippen molar-refractivity contribution >= 4 is 160 Å². The van der Waals surface area contributed by atoms with E-state index in [1.54, 1.807) is 39.4 Å². The molecule has 0 saturated heterocycles. The van der Waals surface area contributed by atoms with Gasteiger partial charge in [-0.05, 0) is 101 Å². The van der Waals surface area contributed by atoms with Crippen LogP contribution in [0.4, 0.5) is 0 Å². The van der Waals surface area contributed by atoms with E-state index in [0.717, 1.165) is 93.1 Å². The number of hydrogen-bond acceptors (Lipinski definition) is 10. The maximum absolute atomic E-state index is 9.62. The first-order valence-corrected chi connectivity index (χ1v) is 34.2. The highest BCUT2D eigenvalue weighted by molar-refractivity contribution is 7.26. The largest absolute Gasteiger partial charge is 0.456 e. The van der Waals surface area contributed by atoms with E-state index in [-0.39, 0.29) is 57.5 Å². The molecule has 0 N–H and O–H groups in total. The number of benzene rings is 14. The number of para-hydroxylation sites is 2. The molecule has 0 aliphatic carbocycles. The lowest BCUT2D eigenvalue weighted by molar-refractivity contribution is 0.669. The highest BCUT2D eigenvalue weighted by atomic mass is 32.1. The third-order valence-corrected chi connectivity index (χ3v) is 21.4. The first-order chi connectivity index (χ1) is 61.4. The van der Waals surface area contributed by atoms with Crippen LogP contribution < -0.4 is 0 Å². The van der Waals surface area contributed by atoms with E-state index in [1.165, 1.54) is 11.3 Å². The first kappa shape index (κ1) is 37.9. The number of thiophene rings is 3. The fraction of sp³-hybridized carbons (Fsp3) is 0. The second kappa shape index (κ2) is 23.4. The van der Waals surface area contributed by atoms with Crippen molar-refractivity contribution in [3.05, 3.63) is 315 Å². The van der Waals surface area contributed by atoms with Crippen LogP contribution >= 0.6 is 34.0 Å². The van der Waals surface area contributed by atoms with Gasteiger partial charge < -0.3 is 4.42 Å². The fourth-order valence-electron chi connectivity index (χ4n) is 13.8. The molecule has 9 nitrogen and oxygen atoms in total. The van der Waals surface area contributed by atoms with Crippen molar-refractivity contribution < 1.29 is 40.1 Å². The van der Waals surface area contributed by atoms with Gasteiger partial charge in [0.05, 0.1) is 57.7 Å². The molecule has 0 bridgehead atoms. The van der Waals surface area contributed by atoms with Gasteiger partial charge in [0.15, 0.2) is 23.3 Å². The Morgan fingerprint density at radius 1 is 0.265 bits per heavy atom. The van der Waals surface area contributed by atoms with Crippen LogP contribution in [0.15, 0.2) is 319 Å². The van der Waals surface area contributed by atoms with Crippen molar-refractivity contribution in [2.45, 2.75) is 0 Å². The zero-order valence-corrected chi connectivity index (χ0v) is 54.7. The van der Waals surface area contributed by atoms with Crippen LogP contribution in [0.2, 0.25) is 0 Å². The summed E-state index contributed by atoms with van der Waals surface area (Å²) in [5.74, 6) is -0.701. The average molecular weight is 1380 g/mol. The minimum Gasteiger partial charge on any atom is -0.456 e. The lowest BCUT2D eigenvalue weighted by atomic mass is 9.99. The predicted octanol–water partition coefficient (Wildman–Crippen LogP) is 24.9. The first-order valence-electron chi connectivity index (χ1n) is 44.8. The van der Waals surface area contributed by atoms with Gasteiger partial charge in [-0.15, -0.1) is 34.0 Å². The lowest BCUT2D eigenvalue weighted by Gasteiger charge is -2.11. The zero-order valence-electron chi connectivity index (χ0n) is 78.2. The number of aromatic nitrogens is 8. The van der Waals surface area contributed by atoms with E-state index in [1.807, 2.05) is 126 Å². The molecule has 0 aliphatic rings. The minimum atomic E-state index is -0.745. The maximum atomic E-state index is 9.62. The fourth-order valence-corrected chi connectivity index (χ4v) is 17.2. The van der Waals surface area contributed by atoms with E-state index in [2.05, 4.69) is 29.2 Å². The second-order valence-corrected chi connectivity index (χ2v) is 26.9. The van der Waals surface area contributed by atoms with Crippen molar-refractivity contribution in [2.75, 3.05) is 0 Å². The van der Waals surface area contributed by atoms with Crippen LogP contribution in [-0.4, -0.2) is 39.0 Å². The lowest BCUT2D eigenvalue weighted by Crippen LogP contribution is -2.06. The second-order valence-electron chi connectivity index (χ2n) is 23.6. The van der Waals surface area contributed by atoms with Crippen molar-refractivity contribution in [3.8, 4) is 79.7 Å².